The Labute approximate surface area is 163 Å². The molecule has 0 saturated carbocycles. The van der Waals surface area contributed by atoms with Gasteiger partial charge in [-0.05, 0) is 63.8 Å². The van der Waals surface area contributed by atoms with Gasteiger partial charge in [-0.1, -0.05) is 22.0 Å². The van der Waals surface area contributed by atoms with E-state index >= 15 is 0 Å². The van der Waals surface area contributed by atoms with Crippen LogP contribution in [0.25, 0.3) is 0 Å². The largest absolute Gasteiger partial charge is 0.445 e. The molecule has 0 spiro atoms. The minimum absolute atomic E-state index is 0.0154. The number of hydrogen-bond donors (Lipinski definition) is 1. The number of hydrogen-bond acceptors (Lipinski definition) is 4. The number of likely N-dealkylation sites (tertiary alicyclic amines) is 1. The molecule has 7 heteroatoms. The van der Waals surface area contributed by atoms with Crippen molar-refractivity contribution in [2.24, 2.45) is 0 Å². The van der Waals surface area contributed by atoms with Crippen molar-refractivity contribution >= 4 is 28.1 Å². The van der Waals surface area contributed by atoms with E-state index in [-0.39, 0.29) is 18.7 Å². The summed E-state index contributed by atoms with van der Waals surface area (Å²) in [6.45, 7) is 8.84. The molecule has 1 N–H and O–H groups in total. The zero-order valence-corrected chi connectivity index (χ0v) is 17.4. The van der Waals surface area contributed by atoms with E-state index < -0.39 is 11.7 Å². The van der Waals surface area contributed by atoms with E-state index in [1.54, 1.807) is 4.90 Å². The van der Waals surface area contributed by atoms with Crippen LogP contribution in [0.2, 0.25) is 0 Å². The summed E-state index contributed by atoms with van der Waals surface area (Å²) in [4.78, 5) is 25.7. The second kappa shape index (κ2) is 8.75. The molecule has 1 aliphatic heterocycles. The Balaban J connectivity index is 1.75. The van der Waals surface area contributed by atoms with Gasteiger partial charge in [0.05, 0.1) is 0 Å². The SMILES string of the molecule is Cc1cc(Br)cc(COC(=O)N2CCC(NC(=O)OC(C)(C)C)CC2)c1. The Morgan fingerprint density at radius 3 is 2.46 bits per heavy atom. The van der Waals surface area contributed by atoms with E-state index in [4.69, 9.17) is 9.47 Å². The van der Waals surface area contributed by atoms with Crippen molar-refractivity contribution in [1.29, 1.82) is 0 Å². The van der Waals surface area contributed by atoms with E-state index in [0.29, 0.717) is 25.9 Å². The highest BCUT2D eigenvalue weighted by Crippen LogP contribution is 2.17. The molecule has 26 heavy (non-hydrogen) atoms. The number of benzene rings is 1. The molecule has 1 aromatic rings. The summed E-state index contributed by atoms with van der Waals surface area (Å²) < 4.78 is 11.6. The van der Waals surface area contributed by atoms with Crippen LogP contribution in [0.3, 0.4) is 0 Å². The maximum atomic E-state index is 12.2. The molecule has 1 fully saturated rings. The van der Waals surface area contributed by atoms with Crippen molar-refractivity contribution in [3.63, 3.8) is 0 Å². The van der Waals surface area contributed by atoms with Gasteiger partial charge in [0.15, 0.2) is 0 Å². The second-order valence-corrected chi connectivity index (χ2v) is 8.51. The first-order valence-corrected chi connectivity index (χ1v) is 9.59. The molecule has 1 aliphatic rings. The molecule has 2 rings (SSSR count). The highest BCUT2D eigenvalue weighted by molar-refractivity contribution is 9.10. The lowest BCUT2D eigenvalue weighted by molar-refractivity contribution is 0.0471. The molecule has 0 aromatic heterocycles. The quantitative estimate of drug-likeness (QED) is 0.778. The number of nitrogens with one attached hydrogen (secondary N) is 1. The maximum absolute atomic E-state index is 12.2. The standard InChI is InChI=1S/C19H27BrN2O4/c1-13-9-14(11-15(20)10-13)12-25-18(24)22-7-5-16(6-8-22)21-17(23)26-19(2,3)4/h9-11,16H,5-8,12H2,1-4H3,(H,21,23). The van der Waals surface area contributed by atoms with Gasteiger partial charge in [0.2, 0.25) is 0 Å². The Hall–Kier alpha value is -1.76. The van der Waals surface area contributed by atoms with E-state index in [2.05, 4.69) is 21.2 Å². The fraction of sp³-hybridized carbons (Fsp3) is 0.579. The van der Waals surface area contributed by atoms with Gasteiger partial charge < -0.3 is 19.7 Å². The van der Waals surface area contributed by atoms with Crippen LogP contribution in [-0.4, -0.2) is 41.8 Å². The number of carbonyl (C=O) groups excluding carboxylic acids is 2. The number of ether oxygens (including phenoxy) is 2. The van der Waals surface area contributed by atoms with E-state index in [1.165, 1.54) is 0 Å². The average Bonchev–Trinajstić information content (AvgIpc) is 2.50. The number of nitrogens with zero attached hydrogens (tertiary/aromatic N) is 1. The number of rotatable bonds is 3. The van der Waals surface area contributed by atoms with Gasteiger partial charge in [0.25, 0.3) is 0 Å². The van der Waals surface area contributed by atoms with Crippen molar-refractivity contribution in [3.8, 4) is 0 Å². The smallest absolute Gasteiger partial charge is 0.410 e. The van der Waals surface area contributed by atoms with Crippen LogP contribution in [0.1, 0.15) is 44.7 Å². The van der Waals surface area contributed by atoms with Crippen LogP contribution >= 0.6 is 15.9 Å². The van der Waals surface area contributed by atoms with Crippen molar-refractivity contribution in [2.75, 3.05) is 13.1 Å². The zero-order chi connectivity index (χ0) is 19.3. The third-order valence-corrected chi connectivity index (χ3v) is 4.40. The minimum atomic E-state index is -0.515. The van der Waals surface area contributed by atoms with Gasteiger partial charge in [0.1, 0.15) is 12.2 Å². The van der Waals surface area contributed by atoms with Gasteiger partial charge in [-0.3, -0.25) is 0 Å². The van der Waals surface area contributed by atoms with Crippen molar-refractivity contribution in [2.45, 2.75) is 58.8 Å². The summed E-state index contributed by atoms with van der Waals surface area (Å²) in [6.07, 6.45) is 0.635. The summed E-state index contributed by atoms with van der Waals surface area (Å²) in [6, 6.07) is 5.96. The summed E-state index contributed by atoms with van der Waals surface area (Å²) in [5.41, 5.74) is 1.55. The lowest BCUT2D eigenvalue weighted by Crippen LogP contribution is -2.47. The minimum Gasteiger partial charge on any atom is -0.445 e. The van der Waals surface area contributed by atoms with Gasteiger partial charge in [-0.2, -0.15) is 0 Å². The van der Waals surface area contributed by atoms with Crippen molar-refractivity contribution in [1.82, 2.24) is 10.2 Å². The van der Waals surface area contributed by atoms with Crippen LogP contribution in [-0.2, 0) is 16.1 Å². The third-order valence-electron chi connectivity index (χ3n) is 3.94. The molecule has 1 saturated heterocycles. The van der Waals surface area contributed by atoms with Crippen LogP contribution in [0.4, 0.5) is 9.59 Å². The first-order valence-electron chi connectivity index (χ1n) is 8.80. The Morgan fingerprint density at radius 1 is 1.23 bits per heavy atom. The van der Waals surface area contributed by atoms with Crippen molar-refractivity contribution < 1.29 is 19.1 Å². The fourth-order valence-electron chi connectivity index (χ4n) is 2.81. The summed E-state index contributed by atoms with van der Waals surface area (Å²) >= 11 is 3.45. The van der Waals surface area contributed by atoms with Crippen LogP contribution in [0.5, 0.6) is 0 Å². The second-order valence-electron chi connectivity index (χ2n) is 7.60. The van der Waals surface area contributed by atoms with Gasteiger partial charge >= 0.3 is 12.2 Å². The summed E-state index contributed by atoms with van der Waals surface area (Å²) in [7, 11) is 0. The molecule has 6 nitrogen and oxygen atoms in total. The molecule has 0 aliphatic carbocycles. The highest BCUT2D eigenvalue weighted by Gasteiger charge is 2.26. The predicted octanol–water partition coefficient (Wildman–Crippen LogP) is 4.38. The number of alkyl carbamates (subject to hydrolysis) is 1. The molecule has 2 amide bonds. The molecule has 0 radical (unpaired) electrons. The predicted molar refractivity (Wildman–Crippen MR) is 103 cm³/mol. The topological polar surface area (TPSA) is 67.9 Å². The van der Waals surface area contributed by atoms with E-state index in [1.807, 2.05) is 45.9 Å². The lowest BCUT2D eigenvalue weighted by atomic mass is 10.1. The van der Waals surface area contributed by atoms with E-state index in [9.17, 15) is 9.59 Å². The first-order chi connectivity index (χ1) is 12.1. The van der Waals surface area contributed by atoms with Crippen LogP contribution < -0.4 is 5.32 Å². The Bertz CT molecular complexity index is 629. The van der Waals surface area contributed by atoms with Crippen molar-refractivity contribution in [3.05, 3.63) is 33.8 Å². The highest BCUT2D eigenvalue weighted by atomic mass is 79.9. The Morgan fingerprint density at radius 2 is 1.88 bits per heavy atom. The number of amides is 2. The zero-order valence-electron chi connectivity index (χ0n) is 15.8. The fourth-order valence-corrected chi connectivity index (χ4v) is 3.47. The Kier molecular flexibility index (Phi) is 6.92. The summed E-state index contributed by atoms with van der Waals surface area (Å²) in [5.74, 6) is 0. The van der Waals surface area contributed by atoms with Gasteiger partial charge in [-0.15, -0.1) is 0 Å². The molecular weight excluding hydrogens is 400 g/mol. The summed E-state index contributed by atoms with van der Waals surface area (Å²) in [5, 5.41) is 2.86. The molecule has 144 valence electrons. The monoisotopic (exact) mass is 426 g/mol. The van der Waals surface area contributed by atoms with Crippen LogP contribution in [0, 0.1) is 6.92 Å². The first kappa shape index (κ1) is 20.6. The van der Waals surface area contributed by atoms with Crippen LogP contribution in [0.15, 0.2) is 22.7 Å². The number of aryl methyl sites for hydroxylation is 1. The molecule has 0 unspecified atom stereocenters. The normalized spacial score (nSPS) is 15.5. The number of halogens is 1. The molecule has 1 aromatic carbocycles. The lowest BCUT2D eigenvalue weighted by Gasteiger charge is -2.32. The van der Waals surface area contributed by atoms with Gasteiger partial charge in [-0.25, -0.2) is 9.59 Å². The molecular formula is C19H27BrN2O4. The number of piperidine rings is 1. The van der Waals surface area contributed by atoms with Gasteiger partial charge in [0, 0.05) is 23.6 Å². The average molecular weight is 427 g/mol. The maximum Gasteiger partial charge on any atom is 0.410 e. The molecule has 0 atom stereocenters. The third kappa shape index (κ3) is 6.86. The number of carbonyl (C=O) groups is 2. The molecule has 0 bridgehead atoms. The van der Waals surface area contributed by atoms with E-state index in [0.717, 1.165) is 15.6 Å². The molecule has 1 heterocycles.